The van der Waals surface area contributed by atoms with Crippen molar-refractivity contribution in [1.29, 1.82) is 0 Å². The first-order chi connectivity index (χ1) is 30.8. The number of carbonyl (C=O) groups excluding carboxylic acids is 3. The first-order valence-corrected chi connectivity index (χ1v) is 23.4. The maximum atomic E-state index is 12.8. The predicted molar refractivity (Wildman–Crippen MR) is 266 cm³/mol. The molecule has 4 rings (SSSR count). The topological polar surface area (TPSA) is 159 Å². The van der Waals surface area contributed by atoms with Gasteiger partial charge < -0.3 is 26.0 Å². The number of amides is 1. The number of ketones is 2. The molecule has 0 aliphatic carbocycles. The summed E-state index contributed by atoms with van der Waals surface area (Å²) in [5.74, 6) is 0.808. The molecule has 2 heterocycles. The third-order valence-corrected chi connectivity index (χ3v) is 11.7. The number of Topliss-reactive ketones (excluding diaryl/α,β-unsaturated/α-hetero) is 2. The van der Waals surface area contributed by atoms with Gasteiger partial charge in [-0.1, -0.05) is 77.9 Å². The van der Waals surface area contributed by atoms with E-state index >= 15 is 0 Å². The van der Waals surface area contributed by atoms with E-state index in [9.17, 15) is 19.2 Å². The fourth-order valence-corrected chi connectivity index (χ4v) is 7.76. The first kappa shape index (κ1) is 56.0. The van der Waals surface area contributed by atoms with Crippen molar-refractivity contribution in [2.75, 3.05) is 41.3 Å². The van der Waals surface area contributed by atoms with E-state index in [-0.39, 0.29) is 41.8 Å². The second kappa shape index (κ2) is 29.4. The number of nitrogens with one attached hydrogen (secondary N) is 1. The Kier molecular flexibility index (Phi) is 25.4. The van der Waals surface area contributed by atoms with E-state index in [1.54, 1.807) is 12.4 Å². The van der Waals surface area contributed by atoms with Crippen LogP contribution in [0.3, 0.4) is 0 Å². The maximum Gasteiger partial charge on any atom is 0.304 e. The highest BCUT2D eigenvalue weighted by Gasteiger charge is 2.22. The van der Waals surface area contributed by atoms with Gasteiger partial charge in [-0.25, -0.2) is 0 Å². The number of rotatable bonds is 23. The van der Waals surface area contributed by atoms with Crippen LogP contribution in [0.4, 0.5) is 0 Å². The van der Waals surface area contributed by atoms with Gasteiger partial charge in [0.25, 0.3) is 0 Å². The first-order valence-electron chi connectivity index (χ1n) is 23.4. The van der Waals surface area contributed by atoms with Crippen LogP contribution in [0.25, 0.3) is 0 Å². The molecular weight excluding hydrogens is 813 g/mol. The summed E-state index contributed by atoms with van der Waals surface area (Å²) in [7, 11) is 8.16. The third kappa shape index (κ3) is 20.7. The number of likely N-dealkylation sites (N-methyl/N-ethyl adjacent to an activating group) is 2. The average molecular weight is 893 g/mol. The number of benzene rings is 2. The van der Waals surface area contributed by atoms with Crippen LogP contribution < -0.4 is 11.1 Å². The molecule has 65 heavy (non-hydrogen) atoms. The van der Waals surface area contributed by atoms with Crippen molar-refractivity contribution in [3.63, 3.8) is 0 Å². The van der Waals surface area contributed by atoms with Gasteiger partial charge in [-0.3, -0.25) is 29.1 Å². The molecule has 11 nitrogen and oxygen atoms in total. The number of carboxylic acid groups (broad SMARTS) is 1. The van der Waals surface area contributed by atoms with Gasteiger partial charge in [-0.2, -0.15) is 0 Å². The molecule has 356 valence electrons. The Morgan fingerprint density at radius 3 is 1.42 bits per heavy atom. The second-order valence-electron chi connectivity index (χ2n) is 18.5. The number of nitrogens with zero attached hydrogens (tertiary/aromatic N) is 4. The molecule has 0 aliphatic heterocycles. The fraction of sp³-hybridized carbons (Fsp3) is 0.519. The number of aromatic nitrogens is 2. The molecule has 2 aromatic heterocycles. The fourth-order valence-electron chi connectivity index (χ4n) is 7.76. The SMILES string of the molecule is CC(C)C[C@H](CC(=O)O)c1ccccn1.CCC(=O)c1ccc(C[C@@H](CN)N(C)C)c(C)c1.CCC(=O)c1ccc(C[C@@H](CNC(=O)C[C@@H](CC(C)C)c2ccccn2)N(C)C)c(C)c1. The van der Waals surface area contributed by atoms with Gasteiger partial charge in [0.1, 0.15) is 0 Å². The number of nitrogens with two attached hydrogens (primary N) is 1. The quantitative estimate of drug-likeness (QED) is 0.0613. The molecule has 0 saturated heterocycles. The van der Waals surface area contributed by atoms with Crippen LogP contribution in [-0.4, -0.2) is 102 Å². The van der Waals surface area contributed by atoms with E-state index in [1.807, 2.05) is 103 Å². The summed E-state index contributed by atoms with van der Waals surface area (Å²) >= 11 is 0. The lowest BCUT2D eigenvalue weighted by Gasteiger charge is -2.26. The van der Waals surface area contributed by atoms with Crippen molar-refractivity contribution >= 4 is 23.4 Å². The van der Waals surface area contributed by atoms with Crippen molar-refractivity contribution in [1.82, 2.24) is 25.1 Å². The van der Waals surface area contributed by atoms with E-state index in [0.717, 1.165) is 53.8 Å². The Bertz CT molecular complexity index is 2040. The van der Waals surface area contributed by atoms with Crippen molar-refractivity contribution in [3.8, 4) is 0 Å². The van der Waals surface area contributed by atoms with Crippen LogP contribution in [0.15, 0.2) is 85.2 Å². The van der Waals surface area contributed by atoms with Gasteiger partial charge in [-0.15, -0.1) is 0 Å². The molecule has 4 N–H and O–H groups in total. The maximum absolute atomic E-state index is 12.8. The minimum absolute atomic E-state index is 0.0312. The van der Waals surface area contributed by atoms with Gasteiger partial charge in [0, 0.05) is 91.2 Å². The highest BCUT2D eigenvalue weighted by atomic mass is 16.4. The summed E-state index contributed by atoms with van der Waals surface area (Å²) in [6, 6.07) is 24.0. The van der Waals surface area contributed by atoms with E-state index < -0.39 is 5.97 Å². The second-order valence-corrected chi connectivity index (χ2v) is 18.5. The van der Waals surface area contributed by atoms with E-state index in [1.165, 1.54) is 16.7 Å². The summed E-state index contributed by atoms with van der Waals surface area (Å²) in [6.45, 7) is 17.7. The Morgan fingerprint density at radius 2 is 1.08 bits per heavy atom. The molecule has 11 heteroatoms. The number of pyridine rings is 2. The van der Waals surface area contributed by atoms with Gasteiger partial charge in [-0.05, 0) is 138 Å². The predicted octanol–water partition coefficient (Wildman–Crippen LogP) is 9.50. The minimum Gasteiger partial charge on any atom is -0.481 e. The number of carbonyl (C=O) groups is 4. The van der Waals surface area contributed by atoms with Gasteiger partial charge in [0.05, 0.1) is 6.42 Å². The van der Waals surface area contributed by atoms with Crippen LogP contribution in [-0.2, 0) is 22.4 Å². The van der Waals surface area contributed by atoms with Crippen LogP contribution in [0.1, 0.15) is 146 Å². The largest absolute Gasteiger partial charge is 0.481 e. The molecule has 0 aliphatic rings. The Labute approximate surface area is 391 Å². The lowest BCUT2D eigenvalue weighted by molar-refractivity contribution is -0.137. The molecular formula is C54H80N6O5. The highest BCUT2D eigenvalue weighted by molar-refractivity contribution is 5.96. The third-order valence-electron chi connectivity index (χ3n) is 11.7. The molecule has 0 radical (unpaired) electrons. The Morgan fingerprint density at radius 1 is 0.646 bits per heavy atom. The zero-order chi connectivity index (χ0) is 48.6. The number of hydrogen-bond donors (Lipinski definition) is 3. The van der Waals surface area contributed by atoms with Crippen LogP contribution in [0.2, 0.25) is 0 Å². The Hall–Kier alpha value is -5.10. The van der Waals surface area contributed by atoms with Crippen molar-refractivity contribution in [2.45, 2.75) is 131 Å². The molecule has 0 bridgehead atoms. The summed E-state index contributed by atoms with van der Waals surface area (Å²) < 4.78 is 0. The monoisotopic (exact) mass is 893 g/mol. The standard InChI is InChI=1S/C27H39N3O2.C15H24N2O.C12H17NO2/c1-7-26(31)22-12-11-21(20(4)15-22)16-24(30(5)6)18-29-27(32)17-23(14-19(2)3)25-10-8-9-13-28-25;1-5-15(18)13-7-6-12(11(2)8-13)9-14(10-16)17(3)4;1-9(2)7-10(8-12(14)15)11-5-3-4-6-13-11/h8-13,15,19,23-24H,7,14,16-18H2,1-6H3,(H,29,32);6-8,14H,5,9-10,16H2,1-4H3;3-6,9-10H,7-8H2,1-2H3,(H,14,15)/t23-,24+;14-;10-/m101/s1. The Balaban J connectivity index is 0.000000370. The zero-order valence-electron chi connectivity index (χ0n) is 41.6. The van der Waals surface area contributed by atoms with Gasteiger partial charge in [0.15, 0.2) is 11.6 Å². The van der Waals surface area contributed by atoms with Crippen molar-refractivity contribution in [2.24, 2.45) is 17.6 Å². The van der Waals surface area contributed by atoms with Crippen molar-refractivity contribution in [3.05, 3.63) is 130 Å². The zero-order valence-corrected chi connectivity index (χ0v) is 41.6. The highest BCUT2D eigenvalue weighted by Crippen LogP contribution is 2.27. The number of aryl methyl sites for hydroxylation is 2. The smallest absolute Gasteiger partial charge is 0.304 e. The lowest BCUT2D eigenvalue weighted by Crippen LogP contribution is -2.42. The molecule has 4 aromatic rings. The molecule has 1 amide bonds. The van der Waals surface area contributed by atoms with E-state index in [2.05, 4.69) is 78.8 Å². The molecule has 0 spiro atoms. The normalized spacial score (nSPS) is 13.0. The lowest BCUT2D eigenvalue weighted by atomic mass is 9.90. The molecule has 0 fully saturated rings. The summed E-state index contributed by atoms with van der Waals surface area (Å²) in [5.41, 5.74) is 14.0. The van der Waals surface area contributed by atoms with Crippen LogP contribution in [0.5, 0.6) is 0 Å². The minimum atomic E-state index is -0.758. The van der Waals surface area contributed by atoms with Crippen molar-refractivity contribution < 1.29 is 24.3 Å². The van der Waals surface area contributed by atoms with Crippen LogP contribution in [0, 0.1) is 25.7 Å². The number of carboxylic acids is 1. The molecule has 0 saturated carbocycles. The molecule has 2 aromatic carbocycles. The van der Waals surface area contributed by atoms with Gasteiger partial charge >= 0.3 is 5.97 Å². The van der Waals surface area contributed by atoms with E-state index in [4.69, 9.17) is 10.8 Å². The molecule has 0 unspecified atom stereocenters. The summed E-state index contributed by atoms with van der Waals surface area (Å²) in [5, 5.41) is 12.0. The molecule has 4 atom stereocenters. The summed E-state index contributed by atoms with van der Waals surface area (Å²) in [6.07, 6.45) is 8.73. The van der Waals surface area contributed by atoms with Gasteiger partial charge in [0.2, 0.25) is 5.91 Å². The number of aliphatic carboxylic acids is 1. The van der Waals surface area contributed by atoms with Crippen LogP contribution >= 0.6 is 0 Å². The summed E-state index contributed by atoms with van der Waals surface area (Å²) in [4.78, 5) is 60.2. The average Bonchev–Trinajstić information content (AvgIpc) is 3.27. The van der Waals surface area contributed by atoms with E-state index in [0.29, 0.717) is 50.2 Å². The number of hydrogen-bond acceptors (Lipinski definition) is 9.